The number of hydrogen-bond acceptors (Lipinski definition) is 1. The summed E-state index contributed by atoms with van der Waals surface area (Å²) < 4.78 is 95.2. The fourth-order valence-corrected chi connectivity index (χ4v) is 5.15. The lowest BCUT2D eigenvalue weighted by atomic mass is 9.94. The van der Waals surface area contributed by atoms with Crippen molar-refractivity contribution in [1.29, 1.82) is 0 Å². The molecule has 0 bridgehead atoms. The molecule has 1 nitrogen and oxygen atoms in total. The molecule has 0 aromatic heterocycles. The monoisotopic (exact) mass is 590 g/mol. The Labute approximate surface area is 246 Å². The molecule has 220 valence electrons. The Morgan fingerprint density at radius 1 is 0.628 bits per heavy atom. The van der Waals surface area contributed by atoms with Crippen molar-refractivity contribution in [3.8, 4) is 39.1 Å². The van der Waals surface area contributed by atoms with Crippen molar-refractivity contribution in [1.82, 2.24) is 0 Å². The summed E-state index contributed by atoms with van der Waals surface area (Å²) in [4.78, 5) is 0. The minimum absolute atomic E-state index is 0.0113. The third-order valence-electron chi connectivity index (χ3n) is 7.45. The molecule has 0 radical (unpaired) electrons. The Kier molecular flexibility index (Phi) is 8.90. The van der Waals surface area contributed by atoms with E-state index in [2.05, 4.69) is 6.58 Å². The lowest BCUT2D eigenvalue weighted by Crippen LogP contribution is -1.99. The summed E-state index contributed by atoms with van der Waals surface area (Å²) in [5.41, 5.74) is 0.443. The van der Waals surface area contributed by atoms with E-state index in [1.165, 1.54) is 60.7 Å². The van der Waals surface area contributed by atoms with Crippen molar-refractivity contribution in [3.63, 3.8) is 0 Å². The number of aryl methyl sites for hydroxylation is 1. The van der Waals surface area contributed by atoms with Gasteiger partial charge in [0.05, 0.1) is 0 Å². The second kappa shape index (κ2) is 12.8. The fourth-order valence-electron chi connectivity index (χ4n) is 5.15. The van der Waals surface area contributed by atoms with Gasteiger partial charge >= 0.3 is 0 Å². The first-order chi connectivity index (χ1) is 20.7. The summed E-state index contributed by atoms with van der Waals surface area (Å²) in [5, 5.41) is 0.458. The molecule has 0 aliphatic carbocycles. The molecule has 0 fully saturated rings. The number of rotatable bonds is 10. The van der Waals surface area contributed by atoms with Crippen LogP contribution in [0.5, 0.6) is 5.75 Å². The molecule has 0 amide bonds. The Bertz CT molecular complexity index is 1810. The predicted octanol–water partition coefficient (Wildman–Crippen LogP) is 11.0. The van der Waals surface area contributed by atoms with Gasteiger partial charge in [-0.3, -0.25) is 0 Å². The number of halogens is 6. The zero-order valence-corrected chi connectivity index (χ0v) is 23.4. The van der Waals surface area contributed by atoms with Gasteiger partial charge in [-0.15, -0.1) is 0 Å². The van der Waals surface area contributed by atoms with Gasteiger partial charge in [0.2, 0.25) is 5.82 Å². The molecular weight excluding hydrogens is 562 g/mol. The Balaban J connectivity index is 1.45. The van der Waals surface area contributed by atoms with Gasteiger partial charge in [0.15, 0.2) is 23.2 Å². The van der Waals surface area contributed by atoms with Crippen molar-refractivity contribution >= 4 is 10.8 Å². The first kappa shape index (κ1) is 30.0. The van der Waals surface area contributed by atoms with Gasteiger partial charge in [0, 0.05) is 27.6 Å². The number of benzene rings is 5. The van der Waals surface area contributed by atoms with Crippen LogP contribution in [0.1, 0.15) is 31.7 Å². The summed E-state index contributed by atoms with van der Waals surface area (Å²) >= 11 is 0. The molecule has 0 aliphatic heterocycles. The quantitative estimate of drug-likeness (QED) is 0.0893. The minimum Gasteiger partial charge on any atom is -0.486 e. The maximum Gasteiger partial charge on any atom is 0.201 e. The molecule has 0 saturated carbocycles. The molecule has 43 heavy (non-hydrogen) atoms. The molecule has 0 spiro atoms. The van der Waals surface area contributed by atoms with Crippen molar-refractivity contribution in [2.24, 2.45) is 0 Å². The van der Waals surface area contributed by atoms with E-state index in [9.17, 15) is 13.2 Å². The zero-order chi connectivity index (χ0) is 30.7. The standard InChI is InChI=1S/C36H28F6O/c1-3-5-6-7-24-19-23-12-13-27(32(38)29(23)20-30(24)37)28-15-14-25(33(39)35(28)41)21-8-10-22(11-9-21)26-16-17-31(43-18-4-2)36(42)34(26)40/h4,8-17,19-20H,2-3,5-7,18H2,1H3. The van der Waals surface area contributed by atoms with E-state index in [0.717, 1.165) is 25.3 Å². The van der Waals surface area contributed by atoms with Crippen molar-refractivity contribution in [2.45, 2.75) is 32.6 Å². The van der Waals surface area contributed by atoms with E-state index in [1.54, 1.807) is 12.1 Å². The molecule has 5 aromatic rings. The molecule has 0 atom stereocenters. The molecule has 5 rings (SSSR count). The van der Waals surface area contributed by atoms with E-state index in [4.69, 9.17) is 4.74 Å². The third kappa shape index (κ3) is 5.89. The predicted molar refractivity (Wildman–Crippen MR) is 159 cm³/mol. The summed E-state index contributed by atoms with van der Waals surface area (Å²) in [6.07, 6.45) is 4.69. The maximum absolute atomic E-state index is 15.5. The second-order valence-corrected chi connectivity index (χ2v) is 10.3. The largest absolute Gasteiger partial charge is 0.486 e. The van der Waals surface area contributed by atoms with Gasteiger partial charge in [-0.2, -0.15) is 4.39 Å². The van der Waals surface area contributed by atoms with Gasteiger partial charge in [-0.25, -0.2) is 22.0 Å². The van der Waals surface area contributed by atoms with Crippen LogP contribution < -0.4 is 4.74 Å². The van der Waals surface area contributed by atoms with Crippen molar-refractivity contribution < 1.29 is 31.1 Å². The number of unbranched alkanes of at least 4 members (excludes halogenated alkanes) is 2. The second-order valence-electron chi connectivity index (χ2n) is 10.3. The Morgan fingerprint density at radius 2 is 1.19 bits per heavy atom. The topological polar surface area (TPSA) is 9.23 Å². The van der Waals surface area contributed by atoms with Crippen LogP contribution >= 0.6 is 0 Å². The van der Waals surface area contributed by atoms with Crippen LogP contribution in [-0.4, -0.2) is 6.61 Å². The SMILES string of the molecule is C=CCOc1ccc(-c2ccc(-c3ccc(-c4ccc5cc(CCCCC)c(F)cc5c4F)c(F)c3F)cc2)c(F)c1F. The Hall–Kier alpha value is -4.52. The van der Waals surface area contributed by atoms with Crippen LogP contribution in [-0.2, 0) is 6.42 Å². The number of fused-ring (bicyclic) bond motifs is 1. The lowest BCUT2D eigenvalue weighted by molar-refractivity contribution is 0.333. The van der Waals surface area contributed by atoms with Gasteiger partial charge in [0.1, 0.15) is 18.2 Å². The van der Waals surface area contributed by atoms with Crippen LogP contribution in [0.2, 0.25) is 0 Å². The highest BCUT2D eigenvalue weighted by Crippen LogP contribution is 2.37. The number of ether oxygens (including phenoxy) is 1. The molecule has 0 unspecified atom stereocenters. The van der Waals surface area contributed by atoms with Gasteiger partial charge in [-0.05, 0) is 59.2 Å². The van der Waals surface area contributed by atoms with Gasteiger partial charge in [-0.1, -0.05) is 81.0 Å². The van der Waals surface area contributed by atoms with Crippen LogP contribution in [0, 0.1) is 34.9 Å². The highest BCUT2D eigenvalue weighted by atomic mass is 19.2. The number of hydrogen-bond donors (Lipinski definition) is 0. The van der Waals surface area contributed by atoms with E-state index in [1.807, 2.05) is 6.92 Å². The molecule has 0 heterocycles. The Morgan fingerprint density at radius 3 is 1.84 bits per heavy atom. The van der Waals surface area contributed by atoms with Crippen molar-refractivity contribution in [2.75, 3.05) is 6.61 Å². The van der Waals surface area contributed by atoms with E-state index in [-0.39, 0.29) is 45.6 Å². The summed E-state index contributed by atoms with van der Waals surface area (Å²) in [5.74, 6) is -6.37. The van der Waals surface area contributed by atoms with Crippen LogP contribution in [0.4, 0.5) is 26.3 Å². The lowest BCUT2D eigenvalue weighted by Gasteiger charge is -2.13. The first-order valence-electron chi connectivity index (χ1n) is 14.0. The van der Waals surface area contributed by atoms with Crippen molar-refractivity contribution in [3.05, 3.63) is 126 Å². The molecule has 5 aromatic carbocycles. The average Bonchev–Trinajstić information content (AvgIpc) is 3.01. The van der Waals surface area contributed by atoms with Crippen LogP contribution in [0.3, 0.4) is 0 Å². The normalized spacial score (nSPS) is 11.2. The summed E-state index contributed by atoms with van der Waals surface area (Å²) in [6.45, 7) is 5.53. The highest BCUT2D eigenvalue weighted by Gasteiger charge is 2.21. The molecule has 0 N–H and O–H groups in total. The van der Waals surface area contributed by atoms with E-state index < -0.39 is 34.9 Å². The molecule has 0 aliphatic rings. The van der Waals surface area contributed by atoms with Crippen LogP contribution in [0.15, 0.2) is 85.5 Å². The molecular formula is C36H28F6O. The minimum atomic E-state index is -1.26. The van der Waals surface area contributed by atoms with Crippen LogP contribution in [0.25, 0.3) is 44.2 Å². The molecule has 0 saturated heterocycles. The molecule has 7 heteroatoms. The summed E-state index contributed by atoms with van der Waals surface area (Å²) in [7, 11) is 0. The fraction of sp³-hybridized carbons (Fsp3) is 0.167. The zero-order valence-electron chi connectivity index (χ0n) is 23.4. The van der Waals surface area contributed by atoms with E-state index >= 15 is 13.2 Å². The highest BCUT2D eigenvalue weighted by molar-refractivity contribution is 5.89. The summed E-state index contributed by atoms with van der Waals surface area (Å²) in [6, 6.07) is 16.7. The first-order valence-corrected chi connectivity index (χ1v) is 14.0. The van der Waals surface area contributed by atoms with E-state index in [0.29, 0.717) is 22.9 Å². The average molecular weight is 591 g/mol. The van der Waals surface area contributed by atoms with Gasteiger partial charge in [0.25, 0.3) is 0 Å². The maximum atomic E-state index is 15.5. The van der Waals surface area contributed by atoms with Gasteiger partial charge < -0.3 is 4.74 Å². The smallest absolute Gasteiger partial charge is 0.201 e. The third-order valence-corrected chi connectivity index (χ3v) is 7.45.